The number of hydrogen-bond acceptors (Lipinski definition) is 4. The summed E-state index contributed by atoms with van der Waals surface area (Å²) in [5.41, 5.74) is 2.30. The normalized spacial score (nSPS) is 20.4. The van der Waals surface area contributed by atoms with Crippen molar-refractivity contribution in [1.82, 2.24) is 15.4 Å². The van der Waals surface area contributed by atoms with E-state index in [1.807, 2.05) is 37.3 Å². The average Bonchev–Trinajstić information content (AvgIpc) is 3.44. The lowest BCUT2D eigenvalue weighted by molar-refractivity contribution is -0.121. The summed E-state index contributed by atoms with van der Waals surface area (Å²) < 4.78 is 5.41. The summed E-state index contributed by atoms with van der Waals surface area (Å²) in [4.78, 5) is 26.8. The van der Waals surface area contributed by atoms with E-state index in [9.17, 15) is 9.59 Å². The first-order chi connectivity index (χ1) is 12.6. The molecule has 1 aromatic heterocycles. The van der Waals surface area contributed by atoms with Gasteiger partial charge in [0.05, 0.1) is 12.5 Å². The van der Waals surface area contributed by atoms with Crippen LogP contribution in [0.4, 0.5) is 10.5 Å². The number of hydrogen-bond donors (Lipinski definition) is 2. The van der Waals surface area contributed by atoms with Crippen molar-refractivity contribution in [2.75, 3.05) is 18.4 Å². The molecule has 1 atom stereocenters. The van der Waals surface area contributed by atoms with Gasteiger partial charge in [-0.3, -0.25) is 4.79 Å². The van der Waals surface area contributed by atoms with Crippen LogP contribution in [0.25, 0.3) is 0 Å². The van der Waals surface area contributed by atoms with Gasteiger partial charge in [-0.15, -0.1) is 0 Å². The van der Waals surface area contributed by atoms with E-state index in [-0.39, 0.29) is 24.4 Å². The Hall–Kier alpha value is -2.83. The molecule has 1 saturated carbocycles. The molecule has 2 aliphatic rings. The maximum atomic E-state index is 13.1. The number of benzene rings is 1. The lowest BCUT2D eigenvalue weighted by Crippen LogP contribution is -2.39. The number of aromatic nitrogens is 1. The third kappa shape index (κ3) is 3.29. The van der Waals surface area contributed by atoms with E-state index in [0.29, 0.717) is 30.4 Å². The Morgan fingerprint density at radius 2 is 2.08 bits per heavy atom. The molecule has 2 fully saturated rings. The Balaban J connectivity index is 1.60. The van der Waals surface area contributed by atoms with Crippen molar-refractivity contribution >= 4 is 17.6 Å². The summed E-state index contributed by atoms with van der Waals surface area (Å²) in [6, 6.07) is 9.13. The first-order valence-corrected chi connectivity index (χ1v) is 8.99. The van der Waals surface area contributed by atoms with E-state index in [1.54, 1.807) is 4.90 Å². The lowest BCUT2D eigenvalue weighted by atomic mass is 10.0. The fourth-order valence-corrected chi connectivity index (χ4v) is 3.39. The van der Waals surface area contributed by atoms with Gasteiger partial charge < -0.3 is 20.1 Å². The van der Waals surface area contributed by atoms with Crippen molar-refractivity contribution in [3.63, 3.8) is 0 Å². The number of carbonyl (C=O) groups is 2. The summed E-state index contributed by atoms with van der Waals surface area (Å²) in [5, 5.41) is 9.84. The summed E-state index contributed by atoms with van der Waals surface area (Å²) >= 11 is 0. The molecule has 0 radical (unpaired) electrons. The van der Waals surface area contributed by atoms with Crippen LogP contribution in [0.5, 0.6) is 0 Å². The molecule has 136 valence electrons. The zero-order valence-corrected chi connectivity index (χ0v) is 14.7. The van der Waals surface area contributed by atoms with Crippen molar-refractivity contribution < 1.29 is 14.1 Å². The van der Waals surface area contributed by atoms with Crippen LogP contribution in [-0.4, -0.2) is 35.1 Å². The number of amides is 3. The van der Waals surface area contributed by atoms with Gasteiger partial charge in [0.1, 0.15) is 11.4 Å². The largest absolute Gasteiger partial charge is 0.359 e. The van der Waals surface area contributed by atoms with Gasteiger partial charge in [-0.2, -0.15) is 0 Å². The number of anilines is 1. The monoisotopic (exact) mass is 354 g/mol. The number of nitrogens with one attached hydrogen (secondary N) is 2. The number of nitrogens with zero attached hydrogens (tertiary/aromatic N) is 2. The molecule has 2 N–H and O–H groups in total. The fourth-order valence-electron chi connectivity index (χ4n) is 3.39. The topological polar surface area (TPSA) is 87.5 Å². The molecule has 2 heterocycles. The van der Waals surface area contributed by atoms with Crippen LogP contribution in [-0.2, 0) is 4.79 Å². The molecule has 1 unspecified atom stereocenters. The summed E-state index contributed by atoms with van der Waals surface area (Å²) in [5.74, 6) is 1.06. The Bertz CT molecular complexity index is 813. The lowest BCUT2D eigenvalue weighted by Gasteiger charge is -2.29. The van der Waals surface area contributed by atoms with Crippen molar-refractivity contribution in [3.05, 3.63) is 47.3 Å². The molecular weight excluding hydrogens is 332 g/mol. The van der Waals surface area contributed by atoms with Crippen molar-refractivity contribution in [1.29, 1.82) is 0 Å². The van der Waals surface area contributed by atoms with Crippen LogP contribution in [0.3, 0.4) is 0 Å². The van der Waals surface area contributed by atoms with Gasteiger partial charge in [-0.1, -0.05) is 35.5 Å². The molecule has 2 aromatic rings. The van der Waals surface area contributed by atoms with E-state index in [0.717, 1.165) is 24.2 Å². The summed E-state index contributed by atoms with van der Waals surface area (Å²) in [6.45, 7) is 2.71. The zero-order chi connectivity index (χ0) is 18.1. The van der Waals surface area contributed by atoms with E-state index in [1.165, 1.54) is 0 Å². The van der Waals surface area contributed by atoms with Crippen LogP contribution in [0.15, 0.2) is 34.9 Å². The van der Waals surface area contributed by atoms with Crippen LogP contribution in [0.1, 0.15) is 48.2 Å². The number of carbonyl (C=O) groups excluding carboxylic acids is 2. The molecule has 7 heteroatoms. The second kappa shape index (κ2) is 6.82. The van der Waals surface area contributed by atoms with E-state index in [2.05, 4.69) is 15.8 Å². The third-order valence-corrected chi connectivity index (χ3v) is 4.94. The van der Waals surface area contributed by atoms with E-state index in [4.69, 9.17) is 4.52 Å². The standard InChI is InChI=1S/C19H22N4O3/c1-12-17(18(26-22-12)14-7-8-14)21-19(25)23-10-9-20-16(24)11-15(23)13-5-3-2-4-6-13/h2-6,14-15H,7-11H2,1H3,(H,20,24)(H,21,25). The highest BCUT2D eigenvalue weighted by atomic mass is 16.5. The second-order valence-corrected chi connectivity index (χ2v) is 6.89. The molecule has 1 aliphatic heterocycles. The van der Waals surface area contributed by atoms with Crippen LogP contribution in [0, 0.1) is 6.92 Å². The van der Waals surface area contributed by atoms with Crippen LogP contribution < -0.4 is 10.6 Å². The molecule has 0 bridgehead atoms. The van der Waals surface area contributed by atoms with Crippen molar-refractivity contribution in [2.45, 2.75) is 38.1 Å². The highest BCUT2D eigenvalue weighted by Crippen LogP contribution is 2.44. The van der Waals surface area contributed by atoms with Gasteiger partial charge in [-0.25, -0.2) is 4.79 Å². The highest BCUT2D eigenvalue weighted by Gasteiger charge is 2.34. The number of urea groups is 1. The molecule has 7 nitrogen and oxygen atoms in total. The van der Waals surface area contributed by atoms with Gasteiger partial charge in [0, 0.05) is 19.0 Å². The maximum absolute atomic E-state index is 13.1. The molecule has 3 amide bonds. The Morgan fingerprint density at radius 1 is 1.31 bits per heavy atom. The molecule has 4 rings (SSSR count). The predicted octanol–water partition coefficient (Wildman–Crippen LogP) is 2.96. The first kappa shape index (κ1) is 16.6. The minimum Gasteiger partial charge on any atom is -0.359 e. The molecular formula is C19H22N4O3. The van der Waals surface area contributed by atoms with Gasteiger partial charge in [-0.05, 0) is 25.3 Å². The van der Waals surface area contributed by atoms with E-state index >= 15 is 0 Å². The zero-order valence-electron chi connectivity index (χ0n) is 14.7. The van der Waals surface area contributed by atoms with Crippen molar-refractivity contribution in [2.24, 2.45) is 0 Å². The number of aryl methyl sites for hydroxylation is 1. The molecule has 1 aromatic carbocycles. The number of rotatable bonds is 3. The second-order valence-electron chi connectivity index (χ2n) is 6.89. The SMILES string of the molecule is Cc1noc(C2CC2)c1NC(=O)N1CCNC(=O)CC1c1ccccc1. The quantitative estimate of drug-likeness (QED) is 0.887. The molecule has 1 saturated heterocycles. The molecule has 0 spiro atoms. The minimum atomic E-state index is -0.303. The highest BCUT2D eigenvalue weighted by molar-refractivity contribution is 5.91. The minimum absolute atomic E-state index is 0.0472. The maximum Gasteiger partial charge on any atom is 0.322 e. The van der Waals surface area contributed by atoms with Gasteiger partial charge in [0.2, 0.25) is 5.91 Å². The molecule has 1 aliphatic carbocycles. The smallest absolute Gasteiger partial charge is 0.322 e. The van der Waals surface area contributed by atoms with Crippen LogP contribution in [0.2, 0.25) is 0 Å². The fraction of sp³-hybridized carbons (Fsp3) is 0.421. The Kier molecular flexibility index (Phi) is 4.36. The van der Waals surface area contributed by atoms with E-state index < -0.39 is 0 Å². The Morgan fingerprint density at radius 3 is 2.81 bits per heavy atom. The third-order valence-electron chi connectivity index (χ3n) is 4.94. The van der Waals surface area contributed by atoms with Gasteiger partial charge in [0.25, 0.3) is 0 Å². The predicted molar refractivity (Wildman–Crippen MR) is 95.7 cm³/mol. The van der Waals surface area contributed by atoms with Gasteiger partial charge >= 0.3 is 6.03 Å². The Labute approximate surface area is 151 Å². The van der Waals surface area contributed by atoms with Crippen molar-refractivity contribution in [3.8, 4) is 0 Å². The summed E-state index contributed by atoms with van der Waals surface area (Å²) in [6.07, 6.45) is 2.37. The average molecular weight is 354 g/mol. The van der Waals surface area contributed by atoms with Crippen LogP contribution >= 0.6 is 0 Å². The first-order valence-electron chi connectivity index (χ1n) is 8.99. The molecule has 26 heavy (non-hydrogen) atoms. The summed E-state index contributed by atoms with van der Waals surface area (Å²) in [7, 11) is 0. The van der Waals surface area contributed by atoms with Gasteiger partial charge in [0.15, 0.2) is 5.76 Å².